The molecule has 4 N–H and O–H groups in total. The molecule has 3 unspecified atom stereocenters. The zero-order chi connectivity index (χ0) is 27.2. The monoisotopic (exact) mass is 532 g/mol. The van der Waals surface area contributed by atoms with Crippen molar-refractivity contribution in [3.63, 3.8) is 0 Å². The first kappa shape index (κ1) is 26.3. The highest BCUT2D eigenvalue weighted by Crippen LogP contribution is 2.49. The van der Waals surface area contributed by atoms with E-state index in [1.165, 1.54) is 6.33 Å². The van der Waals surface area contributed by atoms with Gasteiger partial charge in [0.2, 0.25) is 0 Å². The molecule has 0 radical (unpaired) electrons. The smallest absolute Gasteiger partial charge is 0.396 e. The number of fused-ring (bicyclic) bond motifs is 2. The molecule has 1 aliphatic heterocycles. The fraction of sp³-hybridized carbons (Fsp3) is 0.444. The average molecular weight is 533 g/mol. The molecule has 3 atom stereocenters. The van der Waals surface area contributed by atoms with Gasteiger partial charge in [-0.1, -0.05) is 12.2 Å². The van der Waals surface area contributed by atoms with Gasteiger partial charge in [0.1, 0.15) is 29.2 Å². The highest BCUT2D eigenvalue weighted by molar-refractivity contribution is 5.94. The van der Waals surface area contributed by atoms with Gasteiger partial charge >= 0.3 is 6.18 Å². The minimum Gasteiger partial charge on any atom is -0.396 e. The molecule has 6 nitrogen and oxygen atoms in total. The molecule has 5 rings (SSSR count). The molecule has 2 aliphatic rings. The summed E-state index contributed by atoms with van der Waals surface area (Å²) >= 11 is 0. The van der Waals surface area contributed by atoms with Gasteiger partial charge in [-0.15, -0.1) is 0 Å². The normalized spacial score (nSPS) is 22.3. The van der Waals surface area contributed by atoms with E-state index in [9.17, 15) is 17.6 Å². The Morgan fingerprint density at radius 1 is 1.11 bits per heavy atom. The van der Waals surface area contributed by atoms with Crippen LogP contribution < -0.4 is 16.4 Å². The molecule has 0 spiro atoms. The topological polar surface area (TPSA) is 88.8 Å². The molecule has 1 saturated carbocycles. The van der Waals surface area contributed by atoms with Crippen LogP contribution in [-0.4, -0.2) is 34.1 Å². The molecular weight excluding hydrogens is 503 g/mol. The summed E-state index contributed by atoms with van der Waals surface area (Å²) < 4.78 is 73.0. The Kier molecular flexibility index (Phi) is 6.97. The highest BCUT2D eigenvalue weighted by atomic mass is 19.4. The molecule has 0 amide bonds. The van der Waals surface area contributed by atoms with E-state index in [4.69, 9.17) is 5.73 Å². The van der Waals surface area contributed by atoms with Crippen LogP contribution in [-0.2, 0) is 6.18 Å². The maximum absolute atomic E-state index is 16.1. The second-order valence-electron chi connectivity index (χ2n) is 9.98. The van der Waals surface area contributed by atoms with E-state index in [1.807, 2.05) is 19.1 Å². The van der Waals surface area contributed by atoms with Crippen molar-refractivity contribution in [2.24, 2.45) is 5.92 Å². The number of nitrogens with one attached hydrogen (secondary N) is 2. The number of benzene rings is 1. The fourth-order valence-electron chi connectivity index (χ4n) is 5.66. The number of halogens is 5. The van der Waals surface area contributed by atoms with Crippen LogP contribution in [0.3, 0.4) is 0 Å². The van der Waals surface area contributed by atoms with Gasteiger partial charge in [-0.25, -0.2) is 23.7 Å². The molecule has 0 saturated heterocycles. The number of anilines is 2. The molecule has 11 heteroatoms. The molecule has 3 aromatic rings. The zero-order valence-corrected chi connectivity index (χ0v) is 21.1. The van der Waals surface area contributed by atoms with Gasteiger partial charge in [-0.3, -0.25) is 0 Å². The van der Waals surface area contributed by atoms with Crippen LogP contribution >= 0.6 is 0 Å². The summed E-state index contributed by atoms with van der Waals surface area (Å²) in [6, 6.07) is 0.817. The third-order valence-electron chi connectivity index (χ3n) is 7.66. The highest BCUT2D eigenvalue weighted by Gasteiger charge is 2.40. The molecule has 1 fully saturated rings. The summed E-state index contributed by atoms with van der Waals surface area (Å²) in [6.07, 6.45) is 3.69. The van der Waals surface area contributed by atoms with Gasteiger partial charge in [0, 0.05) is 24.1 Å². The lowest BCUT2D eigenvalue weighted by Gasteiger charge is -2.38. The summed E-state index contributed by atoms with van der Waals surface area (Å²) in [7, 11) is 0. The number of rotatable bonds is 2. The number of aromatic nitrogens is 3. The van der Waals surface area contributed by atoms with Crippen molar-refractivity contribution >= 4 is 22.4 Å². The van der Waals surface area contributed by atoms with Crippen molar-refractivity contribution in [2.75, 3.05) is 24.1 Å². The van der Waals surface area contributed by atoms with E-state index in [-0.39, 0.29) is 23.4 Å². The van der Waals surface area contributed by atoms with Crippen molar-refractivity contribution in [1.82, 2.24) is 20.3 Å². The number of pyridine rings is 1. The van der Waals surface area contributed by atoms with Crippen LogP contribution in [0.25, 0.3) is 22.2 Å². The second-order valence-corrected chi connectivity index (χ2v) is 9.98. The second kappa shape index (κ2) is 10.1. The van der Waals surface area contributed by atoms with Gasteiger partial charge in [-0.2, -0.15) is 13.2 Å². The van der Waals surface area contributed by atoms with Crippen LogP contribution in [0.4, 0.5) is 33.5 Å². The van der Waals surface area contributed by atoms with E-state index >= 15 is 4.39 Å². The van der Waals surface area contributed by atoms with E-state index in [0.717, 1.165) is 45.2 Å². The number of alkyl halides is 3. The van der Waals surface area contributed by atoms with Gasteiger partial charge in [0.05, 0.1) is 22.3 Å². The predicted molar refractivity (Wildman–Crippen MR) is 137 cm³/mol. The Morgan fingerprint density at radius 2 is 1.89 bits per heavy atom. The van der Waals surface area contributed by atoms with E-state index in [1.54, 1.807) is 0 Å². The summed E-state index contributed by atoms with van der Waals surface area (Å²) in [5, 5.41) is 7.13. The van der Waals surface area contributed by atoms with Gasteiger partial charge in [0.15, 0.2) is 5.82 Å². The number of nitrogens with zero attached hydrogens (tertiary/aromatic N) is 3. The summed E-state index contributed by atoms with van der Waals surface area (Å²) in [6.45, 7) is 4.17. The maximum Gasteiger partial charge on any atom is 0.417 e. The number of hydrogen-bond acceptors (Lipinski definition) is 6. The summed E-state index contributed by atoms with van der Waals surface area (Å²) in [5.74, 6) is -1.70. The average Bonchev–Trinajstić information content (AvgIpc) is 2.84. The molecule has 3 heterocycles. The molecular formula is C27H29F5N6. The molecule has 38 heavy (non-hydrogen) atoms. The van der Waals surface area contributed by atoms with Crippen molar-refractivity contribution in [3.05, 3.63) is 53.0 Å². The number of nitrogens with two attached hydrogens (primary N) is 1. The lowest BCUT2D eigenvalue weighted by Crippen LogP contribution is -2.36. The van der Waals surface area contributed by atoms with Gasteiger partial charge in [-0.05, 0) is 63.6 Å². The Hall–Kier alpha value is -3.34. The first-order valence-corrected chi connectivity index (χ1v) is 12.7. The van der Waals surface area contributed by atoms with Crippen molar-refractivity contribution in [2.45, 2.75) is 57.7 Å². The number of allylic oxidation sites excluding steroid dienone is 1. The third kappa shape index (κ3) is 4.57. The quantitative estimate of drug-likeness (QED) is 0.210. The largest absolute Gasteiger partial charge is 0.417 e. The van der Waals surface area contributed by atoms with Crippen molar-refractivity contribution < 1.29 is 22.0 Å². The van der Waals surface area contributed by atoms with Crippen molar-refractivity contribution in [1.29, 1.82) is 0 Å². The van der Waals surface area contributed by atoms with Crippen LogP contribution in [0.5, 0.6) is 0 Å². The van der Waals surface area contributed by atoms with Crippen LogP contribution in [0, 0.1) is 24.5 Å². The fourth-order valence-corrected chi connectivity index (χ4v) is 5.66. The Bertz CT molecular complexity index is 1400. The van der Waals surface area contributed by atoms with Gasteiger partial charge in [0.25, 0.3) is 0 Å². The summed E-state index contributed by atoms with van der Waals surface area (Å²) in [4.78, 5) is 13.1. The Balaban J connectivity index is 1.78. The Labute approximate surface area is 217 Å². The zero-order valence-electron chi connectivity index (χ0n) is 21.1. The lowest BCUT2D eigenvalue weighted by atomic mass is 9.69. The van der Waals surface area contributed by atoms with Gasteiger partial charge < -0.3 is 16.4 Å². The first-order valence-electron chi connectivity index (χ1n) is 12.7. The third-order valence-corrected chi connectivity index (χ3v) is 7.66. The molecule has 0 bridgehead atoms. The van der Waals surface area contributed by atoms with Crippen LogP contribution in [0.2, 0.25) is 0 Å². The SMILES string of the molecule is C/C=C/C1CNc2ncnc3c(F)c(-c4cc(N)c(F)c(C)c4C(F)(F)F)nc(c23)C2CCC2CCCN1. The summed E-state index contributed by atoms with van der Waals surface area (Å²) in [5.41, 5.74) is 2.40. The maximum atomic E-state index is 16.1. The number of nitrogen functional groups attached to an aromatic ring is 1. The van der Waals surface area contributed by atoms with Crippen LogP contribution in [0.1, 0.15) is 55.3 Å². The van der Waals surface area contributed by atoms with E-state index in [2.05, 4.69) is 25.6 Å². The Morgan fingerprint density at radius 3 is 2.58 bits per heavy atom. The standard InChI is InChI=1S/C27H29F5N6/c1-3-5-15-11-35-26-19-23(16-8-7-14(16)6-4-9-34-15)38-24(22(29)25(19)36-12-37-26)17-10-18(33)21(28)13(2)20(17)27(30,31)32/h3,5,10,12,14-16,34H,4,6-9,11,33H2,1-2H3,(H,35,36,37)/b5-3+. The minimum atomic E-state index is -4.96. The molecule has 1 aliphatic carbocycles. The van der Waals surface area contributed by atoms with E-state index < -0.39 is 45.9 Å². The number of hydrogen-bond donors (Lipinski definition) is 3. The molecule has 2 aromatic heterocycles. The van der Waals surface area contributed by atoms with E-state index in [0.29, 0.717) is 23.4 Å². The van der Waals surface area contributed by atoms with Crippen molar-refractivity contribution in [3.8, 4) is 11.3 Å². The molecule has 1 aromatic carbocycles. The predicted octanol–water partition coefficient (Wildman–Crippen LogP) is 6.11. The molecule has 202 valence electrons. The first-order chi connectivity index (χ1) is 18.1. The van der Waals surface area contributed by atoms with Crippen LogP contribution in [0.15, 0.2) is 24.5 Å². The lowest BCUT2D eigenvalue weighted by molar-refractivity contribution is -0.137. The minimum absolute atomic E-state index is 0.00154.